The van der Waals surface area contributed by atoms with E-state index in [1.165, 1.54) is 12.1 Å². The van der Waals surface area contributed by atoms with Crippen LogP contribution in [0.1, 0.15) is 23.3 Å². The van der Waals surface area contributed by atoms with Gasteiger partial charge in [0.15, 0.2) is 0 Å². The summed E-state index contributed by atoms with van der Waals surface area (Å²) in [4.78, 5) is 2.12. The number of aliphatic hydroxyl groups is 1. The zero-order valence-electron chi connectivity index (χ0n) is 12.7. The van der Waals surface area contributed by atoms with Gasteiger partial charge in [-0.2, -0.15) is 0 Å². The molecule has 2 aromatic carbocycles. The minimum Gasteiger partial charge on any atom is -0.508 e. The second kappa shape index (κ2) is 7.08. The number of benzene rings is 2. The topological polar surface area (TPSA) is 52.9 Å². The zero-order valence-corrected chi connectivity index (χ0v) is 12.7. The molecule has 2 unspecified atom stereocenters. The van der Waals surface area contributed by atoms with Crippen molar-refractivity contribution in [3.8, 4) is 5.75 Å². The van der Waals surface area contributed by atoms with Crippen LogP contribution in [0, 0.1) is 5.82 Å². The van der Waals surface area contributed by atoms with E-state index in [1.807, 2.05) is 6.07 Å². The highest BCUT2D eigenvalue weighted by Crippen LogP contribution is 2.26. The summed E-state index contributed by atoms with van der Waals surface area (Å²) >= 11 is 0. The summed E-state index contributed by atoms with van der Waals surface area (Å²) in [5, 5.41) is 19.9. The van der Waals surface area contributed by atoms with Gasteiger partial charge in [-0.05, 0) is 35.4 Å². The first kappa shape index (κ1) is 15.9. The molecule has 2 atom stereocenters. The average Bonchev–Trinajstić information content (AvgIpc) is 2.56. The van der Waals surface area contributed by atoms with E-state index >= 15 is 0 Å². The SMILES string of the molecule is Oc1cccc(C2CN(CC(O)c3ccc(F)cc3)CCO2)c1. The molecule has 1 aliphatic rings. The maximum Gasteiger partial charge on any atom is 0.123 e. The Morgan fingerprint density at radius 2 is 2.00 bits per heavy atom. The summed E-state index contributed by atoms with van der Waals surface area (Å²) in [6, 6.07) is 13.0. The molecule has 3 rings (SSSR count). The number of aromatic hydroxyl groups is 1. The Labute approximate surface area is 134 Å². The monoisotopic (exact) mass is 317 g/mol. The van der Waals surface area contributed by atoms with E-state index in [2.05, 4.69) is 4.90 Å². The molecule has 1 heterocycles. The highest BCUT2D eigenvalue weighted by atomic mass is 19.1. The molecule has 0 bridgehead atoms. The summed E-state index contributed by atoms with van der Waals surface area (Å²) < 4.78 is 18.7. The minimum absolute atomic E-state index is 0.128. The molecule has 2 N–H and O–H groups in total. The van der Waals surface area contributed by atoms with E-state index in [0.717, 1.165) is 12.1 Å². The van der Waals surface area contributed by atoms with Gasteiger partial charge in [-0.15, -0.1) is 0 Å². The number of phenolic OH excluding ortho intramolecular Hbond substituents is 1. The number of β-amino-alcohol motifs (C(OH)–C–C–N with tert-alkyl or cyclic N) is 1. The molecule has 23 heavy (non-hydrogen) atoms. The zero-order chi connectivity index (χ0) is 16.2. The summed E-state index contributed by atoms with van der Waals surface area (Å²) in [7, 11) is 0. The number of aliphatic hydroxyl groups excluding tert-OH is 1. The maximum absolute atomic E-state index is 13.0. The van der Waals surface area contributed by atoms with Crippen LogP contribution in [0.15, 0.2) is 48.5 Å². The van der Waals surface area contributed by atoms with Crippen LogP contribution in [0.4, 0.5) is 4.39 Å². The second-order valence-electron chi connectivity index (χ2n) is 5.78. The van der Waals surface area contributed by atoms with Gasteiger partial charge in [0, 0.05) is 19.6 Å². The number of rotatable bonds is 4. The van der Waals surface area contributed by atoms with Crippen LogP contribution in [-0.4, -0.2) is 41.4 Å². The maximum atomic E-state index is 13.0. The van der Waals surface area contributed by atoms with Gasteiger partial charge >= 0.3 is 0 Å². The first-order valence-corrected chi connectivity index (χ1v) is 7.68. The lowest BCUT2D eigenvalue weighted by molar-refractivity contribution is -0.0424. The number of nitrogens with zero attached hydrogens (tertiary/aromatic N) is 1. The van der Waals surface area contributed by atoms with Gasteiger partial charge in [-0.25, -0.2) is 4.39 Å². The van der Waals surface area contributed by atoms with E-state index in [4.69, 9.17) is 4.74 Å². The van der Waals surface area contributed by atoms with E-state index in [9.17, 15) is 14.6 Å². The van der Waals surface area contributed by atoms with E-state index in [1.54, 1.807) is 30.3 Å². The predicted octanol–water partition coefficient (Wildman–Crippen LogP) is 2.64. The molecule has 0 aliphatic carbocycles. The molecule has 0 radical (unpaired) electrons. The Morgan fingerprint density at radius 3 is 2.74 bits per heavy atom. The number of ether oxygens (including phenoxy) is 1. The Balaban J connectivity index is 1.63. The van der Waals surface area contributed by atoms with Gasteiger partial charge in [0.1, 0.15) is 11.6 Å². The molecule has 122 valence electrons. The molecular weight excluding hydrogens is 297 g/mol. The summed E-state index contributed by atoms with van der Waals surface area (Å²) in [6.45, 7) is 2.40. The molecular formula is C18H20FNO3. The normalized spacial score (nSPS) is 20.3. The number of phenols is 1. The van der Waals surface area contributed by atoms with Gasteiger partial charge in [0.05, 0.1) is 18.8 Å². The number of morpholine rings is 1. The fraction of sp³-hybridized carbons (Fsp3) is 0.333. The molecule has 1 saturated heterocycles. The molecule has 0 aromatic heterocycles. The van der Waals surface area contributed by atoms with Gasteiger partial charge in [0.2, 0.25) is 0 Å². The summed E-state index contributed by atoms with van der Waals surface area (Å²) in [5.41, 5.74) is 1.62. The van der Waals surface area contributed by atoms with Crippen molar-refractivity contribution in [2.24, 2.45) is 0 Å². The van der Waals surface area contributed by atoms with Crippen molar-refractivity contribution in [3.05, 3.63) is 65.5 Å². The fourth-order valence-electron chi connectivity index (χ4n) is 2.83. The molecule has 4 nitrogen and oxygen atoms in total. The Hall–Kier alpha value is -1.95. The third-order valence-electron chi connectivity index (χ3n) is 4.08. The molecule has 1 fully saturated rings. The molecule has 0 spiro atoms. The van der Waals surface area contributed by atoms with Crippen molar-refractivity contribution in [3.63, 3.8) is 0 Å². The first-order valence-electron chi connectivity index (χ1n) is 7.68. The molecule has 0 saturated carbocycles. The highest BCUT2D eigenvalue weighted by molar-refractivity contribution is 5.29. The third-order valence-corrected chi connectivity index (χ3v) is 4.08. The quantitative estimate of drug-likeness (QED) is 0.910. The van der Waals surface area contributed by atoms with Gasteiger partial charge in [0.25, 0.3) is 0 Å². The van der Waals surface area contributed by atoms with E-state index < -0.39 is 6.10 Å². The highest BCUT2D eigenvalue weighted by Gasteiger charge is 2.24. The van der Waals surface area contributed by atoms with Gasteiger partial charge in [-0.3, -0.25) is 4.90 Å². The molecule has 0 amide bonds. The lowest BCUT2D eigenvalue weighted by Gasteiger charge is -2.34. The fourth-order valence-corrected chi connectivity index (χ4v) is 2.83. The van der Waals surface area contributed by atoms with Crippen LogP contribution in [0.5, 0.6) is 5.75 Å². The first-order chi connectivity index (χ1) is 11.1. The van der Waals surface area contributed by atoms with Crippen LogP contribution in [0.2, 0.25) is 0 Å². The predicted molar refractivity (Wildman–Crippen MR) is 84.6 cm³/mol. The molecule has 2 aromatic rings. The number of halogens is 1. The number of hydrogen-bond acceptors (Lipinski definition) is 4. The van der Waals surface area contributed by atoms with Crippen molar-refractivity contribution in [1.29, 1.82) is 0 Å². The standard InChI is InChI=1S/C18H20FNO3/c19-15-6-4-13(5-7-15)17(22)11-20-8-9-23-18(12-20)14-2-1-3-16(21)10-14/h1-7,10,17-18,21-22H,8-9,11-12H2. The van der Waals surface area contributed by atoms with Crippen LogP contribution in [0.3, 0.4) is 0 Å². The van der Waals surface area contributed by atoms with Crippen LogP contribution in [-0.2, 0) is 4.74 Å². The largest absolute Gasteiger partial charge is 0.508 e. The van der Waals surface area contributed by atoms with Crippen molar-refractivity contribution in [2.75, 3.05) is 26.2 Å². The van der Waals surface area contributed by atoms with Crippen molar-refractivity contribution < 1.29 is 19.3 Å². The molecule has 1 aliphatic heterocycles. The molecule has 5 heteroatoms. The van der Waals surface area contributed by atoms with Crippen LogP contribution >= 0.6 is 0 Å². The smallest absolute Gasteiger partial charge is 0.123 e. The minimum atomic E-state index is -0.668. The second-order valence-corrected chi connectivity index (χ2v) is 5.78. The van der Waals surface area contributed by atoms with Crippen LogP contribution in [0.25, 0.3) is 0 Å². The summed E-state index contributed by atoms with van der Waals surface area (Å²) in [6.07, 6.45) is -0.796. The van der Waals surface area contributed by atoms with Gasteiger partial charge < -0.3 is 14.9 Å². The lowest BCUT2D eigenvalue weighted by Crippen LogP contribution is -2.40. The van der Waals surface area contributed by atoms with Crippen molar-refractivity contribution in [1.82, 2.24) is 4.90 Å². The van der Waals surface area contributed by atoms with E-state index in [-0.39, 0.29) is 17.7 Å². The van der Waals surface area contributed by atoms with Gasteiger partial charge in [-0.1, -0.05) is 24.3 Å². The lowest BCUT2D eigenvalue weighted by atomic mass is 10.1. The third kappa shape index (κ3) is 4.07. The Kier molecular flexibility index (Phi) is 4.91. The summed E-state index contributed by atoms with van der Waals surface area (Å²) in [5.74, 6) is -0.0918. The van der Waals surface area contributed by atoms with Crippen molar-refractivity contribution >= 4 is 0 Å². The Bertz CT molecular complexity index is 647. The van der Waals surface area contributed by atoms with E-state index in [0.29, 0.717) is 25.3 Å². The Morgan fingerprint density at radius 1 is 1.22 bits per heavy atom. The average molecular weight is 317 g/mol. The van der Waals surface area contributed by atoms with Crippen molar-refractivity contribution in [2.45, 2.75) is 12.2 Å². The number of hydrogen-bond donors (Lipinski definition) is 2. The van der Waals surface area contributed by atoms with Crippen LogP contribution < -0.4 is 0 Å².